The second-order valence-electron chi connectivity index (χ2n) is 4.67. The molecule has 0 spiro atoms. The summed E-state index contributed by atoms with van der Waals surface area (Å²) in [6, 6.07) is 6.18. The number of aryl methyl sites for hydroxylation is 1. The Morgan fingerprint density at radius 3 is 3.00 bits per heavy atom. The molecular formula is C14H14ClN3O. The summed E-state index contributed by atoms with van der Waals surface area (Å²) in [5.74, 6) is 0.407. The molecule has 0 saturated carbocycles. The van der Waals surface area contributed by atoms with Gasteiger partial charge in [0.2, 0.25) is 0 Å². The van der Waals surface area contributed by atoms with Crippen LogP contribution in [0, 0.1) is 0 Å². The van der Waals surface area contributed by atoms with E-state index in [1.165, 1.54) is 30.3 Å². The van der Waals surface area contributed by atoms with Crippen LogP contribution in [0.1, 0.15) is 24.0 Å². The van der Waals surface area contributed by atoms with E-state index in [1.807, 2.05) is 12.1 Å². The molecular weight excluding hydrogens is 262 g/mol. The summed E-state index contributed by atoms with van der Waals surface area (Å²) < 4.78 is 0. The van der Waals surface area contributed by atoms with Gasteiger partial charge in [-0.25, -0.2) is 4.98 Å². The molecule has 1 aliphatic carbocycles. The summed E-state index contributed by atoms with van der Waals surface area (Å²) >= 11 is 5.96. The topological polar surface area (TPSA) is 57.8 Å². The molecule has 2 aromatic rings. The maximum atomic E-state index is 11.5. The maximum absolute atomic E-state index is 11.5. The molecule has 0 radical (unpaired) electrons. The van der Waals surface area contributed by atoms with Crippen molar-refractivity contribution in [1.82, 2.24) is 9.97 Å². The van der Waals surface area contributed by atoms with Crippen molar-refractivity contribution >= 4 is 23.1 Å². The van der Waals surface area contributed by atoms with Crippen LogP contribution >= 0.6 is 11.6 Å². The summed E-state index contributed by atoms with van der Waals surface area (Å²) in [6.07, 6.45) is 5.95. The number of halogens is 1. The molecule has 1 aromatic heterocycles. The first-order valence-corrected chi connectivity index (χ1v) is 6.74. The van der Waals surface area contributed by atoms with Gasteiger partial charge in [-0.15, -0.1) is 0 Å². The molecule has 19 heavy (non-hydrogen) atoms. The number of hydrogen-bond donors (Lipinski definition) is 2. The van der Waals surface area contributed by atoms with Gasteiger partial charge in [0.15, 0.2) is 5.82 Å². The van der Waals surface area contributed by atoms with Crippen molar-refractivity contribution < 1.29 is 0 Å². The number of aromatic nitrogens is 2. The summed E-state index contributed by atoms with van der Waals surface area (Å²) in [5, 5.41) is 3.27. The minimum Gasteiger partial charge on any atom is -0.339 e. The first kappa shape index (κ1) is 12.2. The summed E-state index contributed by atoms with van der Waals surface area (Å²) in [7, 11) is 0. The smallest absolute Gasteiger partial charge is 0.271 e. The molecule has 0 atom stereocenters. The van der Waals surface area contributed by atoms with Gasteiger partial charge in [-0.05, 0) is 42.9 Å². The van der Waals surface area contributed by atoms with Crippen molar-refractivity contribution in [2.75, 3.05) is 5.32 Å². The molecule has 1 heterocycles. The normalized spacial score (nSPS) is 13.9. The van der Waals surface area contributed by atoms with E-state index < -0.39 is 0 Å². The predicted molar refractivity (Wildman–Crippen MR) is 76.2 cm³/mol. The molecule has 0 unspecified atom stereocenters. The van der Waals surface area contributed by atoms with Crippen molar-refractivity contribution in [3.63, 3.8) is 0 Å². The zero-order valence-corrected chi connectivity index (χ0v) is 11.1. The van der Waals surface area contributed by atoms with Crippen LogP contribution in [0.3, 0.4) is 0 Å². The van der Waals surface area contributed by atoms with E-state index in [1.54, 1.807) is 0 Å². The van der Waals surface area contributed by atoms with Gasteiger partial charge in [-0.1, -0.05) is 23.7 Å². The Morgan fingerprint density at radius 2 is 2.11 bits per heavy atom. The van der Waals surface area contributed by atoms with E-state index in [-0.39, 0.29) is 10.6 Å². The van der Waals surface area contributed by atoms with Crippen LogP contribution in [0.5, 0.6) is 0 Å². The Bertz CT molecular complexity index is 666. The second-order valence-corrected chi connectivity index (χ2v) is 5.05. The van der Waals surface area contributed by atoms with E-state index in [0.717, 1.165) is 18.5 Å². The molecule has 0 bridgehead atoms. The van der Waals surface area contributed by atoms with E-state index in [0.29, 0.717) is 5.82 Å². The average Bonchev–Trinajstić information content (AvgIpc) is 2.44. The fourth-order valence-electron chi connectivity index (χ4n) is 2.50. The Hall–Kier alpha value is -1.81. The Balaban J connectivity index is 2.00. The summed E-state index contributed by atoms with van der Waals surface area (Å²) in [4.78, 5) is 18.0. The summed E-state index contributed by atoms with van der Waals surface area (Å²) in [5.41, 5.74) is 3.35. The minimum atomic E-state index is -0.330. The molecule has 1 aliphatic rings. The molecule has 4 nitrogen and oxygen atoms in total. The Labute approximate surface area is 115 Å². The Morgan fingerprint density at radius 1 is 1.26 bits per heavy atom. The lowest BCUT2D eigenvalue weighted by atomic mass is 9.90. The largest absolute Gasteiger partial charge is 0.339 e. The maximum Gasteiger partial charge on any atom is 0.271 e. The highest BCUT2D eigenvalue weighted by Crippen LogP contribution is 2.30. The van der Waals surface area contributed by atoms with E-state index >= 15 is 0 Å². The van der Waals surface area contributed by atoms with E-state index in [4.69, 9.17) is 11.6 Å². The van der Waals surface area contributed by atoms with Gasteiger partial charge in [-0.3, -0.25) is 4.79 Å². The van der Waals surface area contributed by atoms with E-state index in [9.17, 15) is 4.79 Å². The third kappa shape index (κ3) is 2.36. The molecule has 98 valence electrons. The second kappa shape index (κ2) is 5.05. The third-order valence-electron chi connectivity index (χ3n) is 3.45. The average molecular weight is 276 g/mol. The van der Waals surface area contributed by atoms with Crippen LogP contribution in [0.2, 0.25) is 5.02 Å². The fraction of sp³-hybridized carbons (Fsp3) is 0.286. The quantitative estimate of drug-likeness (QED) is 0.886. The van der Waals surface area contributed by atoms with Crippen molar-refractivity contribution in [2.45, 2.75) is 25.7 Å². The lowest BCUT2D eigenvalue weighted by Gasteiger charge is -2.20. The lowest BCUT2D eigenvalue weighted by molar-refractivity contribution is 0.687. The van der Waals surface area contributed by atoms with Gasteiger partial charge in [0.25, 0.3) is 5.56 Å². The number of anilines is 2. The number of hydrogen-bond acceptors (Lipinski definition) is 3. The number of nitrogens with one attached hydrogen (secondary N) is 2. The highest BCUT2D eigenvalue weighted by Gasteiger charge is 2.14. The zero-order valence-electron chi connectivity index (χ0n) is 10.4. The fourth-order valence-corrected chi connectivity index (χ4v) is 2.65. The van der Waals surface area contributed by atoms with Crippen molar-refractivity contribution in [3.8, 4) is 0 Å². The van der Waals surface area contributed by atoms with Crippen molar-refractivity contribution in [3.05, 3.63) is 51.0 Å². The number of benzene rings is 1. The highest BCUT2D eigenvalue weighted by molar-refractivity contribution is 6.32. The first-order chi connectivity index (χ1) is 9.25. The molecule has 0 aliphatic heterocycles. The number of H-pyrrole nitrogens is 1. The molecule has 5 heteroatoms. The molecule has 0 saturated heterocycles. The van der Waals surface area contributed by atoms with Gasteiger partial charge in [0, 0.05) is 5.69 Å². The molecule has 0 fully saturated rings. The molecule has 3 rings (SSSR count). The van der Waals surface area contributed by atoms with E-state index in [2.05, 4.69) is 21.4 Å². The van der Waals surface area contributed by atoms with Gasteiger partial charge >= 0.3 is 0 Å². The standard InChI is InChI=1S/C14H14ClN3O/c15-12-13(16-8-17-14(12)19)18-11-7-3-5-9-4-1-2-6-10(9)11/h3,5,7-8H,1-2,4,6H2,(H2,16,17,18,19). The highest BCUT2D eigenvalue weighted by atomic mass is 35.5. The van der Waals surface area contributed by atoms with Gasteiger partial charge < -0.3 is 10.3 Å². The zero-order chi connectivity index (χ0) is 13.2. The third-order valence-corrected chi connectivity index (χ3v) is 3.80. The predicted octanol–water partition coefficient (Wildman–Crippen LogP) is 3.05. The number of fused-ring (bicyclic) bond motifs is 1. The van der Waals surface area contributed by atoms with Crippen LogP contribution in [0.15, 0.2) is 29.3 Å². The van der Waals surface area contributed by atoms with Gasteiger partial charge in [0.1, 0.15) is 5.02 Å². The van der Waals surface area contributed by atoms with Crippen LogP contribution in [-0.2, 0) is 12.8 Å². The van der Waals surface area contributed by atoms with Gasteiger partial charge in [-0.2, -0.15) is 0 Å². The molecule has 0 amide bonds. The summed E-state index contributed by atoms with van der Waals surface area (Å²) in [6.45, 7) is 0. The Kier molecular flexibility index (Phi) is 3.25. The van der Waals surface area contributed by atoms with Crippen LogP contribution in [0.4, 0.5) is 11.5 Å². The van der Waals surface area contributed by atoms with Gasteiger partial charge in [0.05, 0.1) is 6.33 Å². The van der Waals surface area contributed by atoms with Crippen LogP contribution in [-0.4, -0.2) is 9.97 Å². The monoisotopic (exact) mass is 275 g/mol. The minimum absolute atomic E-state index is 0.0934. The molecule has 1 aromatic carbocycles. The number of nitrogens with zero attached hydrogens (tertiary/aromatic N) is 1. The molecule has 2 N–H and O–H groups in total. The van der Waals surface area contributed by atoms with Crippen molar-refractivity contribution in [1.29, 1.82) is 0 Å². The number of aromatic amines is 1. The number of rotatable bonds is 2. The first-order valence-electron chi connectivity index (χ1n) is 6.36. The lowest BCUT2D eigenvalue weighted by Crippen LogP contribution is -2.11. The van der Waals surface area contributed by atoms with Crippen LogP contribution < -0.4 is 10.9 Å². The van der Waals surface area contributed by atoms with Crippen molar-refractivity contribution in [2.24, 2.45) is 0 Å². The van der Waals surface area contributed by atoms with Crippen LogP contribution in [0.25, 0.3) is 0 Å². The SMILES string of the molecule is O=c1[nH]cnc(Nc2cccc3c2CCCC3)c1Cl.